The Morgan fingerprint density at radius 2 is 1.77 bits per heavy atom. The van der Waals surface area contributed by atoms with Crippen LogP contribution in [0.15, 0.2) is 53.4 Å². The van der Waals surface area contributed by atoms with Crippen molar-refractivity contribution < 1.29 is 17.9 Å². The van der Waals surface area contributed by atoms with E-state index in [-0.39, 0.29) is 17.3 Å². The van der Waals surface area contributed by atoms with Crippen LogP contribution in [0.25, 0.3) is 0 Å². The molecule has 1 aliphatic heterocycles. The van der Waals surface area contributed by atoms with Crippen LogP contribution in [-0.2, 0) is 21.4 Å². The first-order valence-electron chi connectivity index (χ1n) is 10.7. The molecule has 2 aromatic rings. The van der Waals surface area contributed by atoms with E-state index in [0.717, 1.165) is 16.9 Å². The quantitative estimate of drug-likeness (QED) is 0.702. The molecule has 1 amide bonds. The highest BCUT2D eigenvalue weighted by molar-refractivity contribution is 7.89. The number of hydrogen-bond donors (Lipinski definition) is 1. The summed E-state index contributed by atoms with van der Waals surface area (Å²) in [5.41, 5.74) is 1.29. The van der Waals surface area contributed by atoms with Gasteiger partial charge in [0.05, 0.1) is 17.4 Å². The highest BCUT2D eigenvalue weighted by Crippen LogP contribution is 2.33. The first-order chi connectivity index (χ1) is 14.7. The lowest BCUT2D eigenvalue weighted by atomic mass is 9.82. The average molecular weight is 445 g/mol. The Balaban J connectivity index is 1.69. The third-order valence-electron chi connectivity index (χ3n) is 6.01. The molecular formula is C24H32N2O4S. The number of benzene rings is 2. The molecule has 1 aliphatic rings. The summed E-state index contributed by atoms with van der Waals surface area (Å²) in [5.74, 6) is 0.972. The second-order valence-corrected chi connectivity index (χ2v) is 10.7. The number of sulfonamides is 1. The first-order valence-corrected chi connectivity index (χ1v) is 12.1. The number of methoxy groups -OCH3 is 1. The van der Waals surface area contributed by atoms with Crippen LogP contribution in [0, 0.1) is 5.41 Å². The van der Waals surface area contributed by atoms with Crippen LogP contribution in [0.1, 0.15) is 50.7 Å². The van der Waals surface area contributed by atoms with Gasteiger partial charge in [-0.05, 0) is 61.1 Å². The highest BCUT2D eigenvalue weighted by Gasteiger charge is 2.41. The number of carbonyl (C=O) groups excluding carboxylic acids is 1. The molecule has 1 fully saturated rings. The van der Waals surface area contributed by atoms with E-state index in [1.54, 1.807) is 19.2 Å². The Bertz CT molecular complexity index is 1000. The molecule has 0 unspecified atom stereocenters. The lowest BCUT2D eigenvalue weighted by Crippen LogP contribution is -2.51. The Morgan fingerprint density at radius 3 is 2.35 bits per heavy atom. The van der Waals surface area contributed by atoms with E-state index < -0.39 is 15.4 Å². The second-order valence-electron chi connectivity index (χ2n) is 8.76. The average Bonchev–Trinajstić information content (AvgIpc) is 2.77. The first kappa shape index (κ1) is 23.3. The van der Waals surface area contributed by atoms with Crippen LogP contribution in [0.5, 0.6) is 5.75 Å². The summed E-state index contributed by atoms with van der Waals surface area (Å²) in [5, 5.41) is 2.98. The predicted octanol–water partition coefficient (Wildman–Crippen LogP) is 3.93. The number of ether oxygens (including phenoxy) is 1. The molecule has 0 aromatic heterocycles. The lowest BCUT2D eigenvalue weighted by Gasteiger charge is -2.38. The summed E-state index contributed by atoms with van der Waals surface area (Å²) in [4.78, 5) is 13.3. The van der Waals surface area contributed by atoms with Gasteiger partial charge in [-0.1, -0.05) is 38.1 Å². The monoisotopic (exact) mass is 444 g/mol. The van der Waals surface area contributed by atoms with Crippen LogP contribution in [-0.4, -0.2) is 38.8 Å². The summed E-state index contributed by atoms with van der Waals surface area (Å²) in [6, 6.07) is 14.6. The van der Waals surface area contributed by atoms with Gasteiger partial charge in [-0.2, -0.15) is 4.31 Å². The van der Waals surface area contributed by atoms with E-state index in [2.05, 4.69) is 19.2 Å². The van der Waals surface area contributed by atoms with Crippen molar-refractivity contribution in [1.29, 1.82) is 0 Å². The van der Waals surface area contributed by atoms with E-state index in [9.17, 15) is 13.2 Å². The van der Waals surface area contributed by atoms with Crippen molar-refractivity contribution in [2.75, 3.05) is 20.2 Å². The third-order valence-corrected chi connectivity index (χ3v) is 7.87. The molecule has 1 N–H and O–H groups in total. The van der Waals surface area contributed by atoms with E-state index in [4.69, 9.17) is 4.74 Å². The number of piperidine rings is 1. The van der Waals surface area contributed by atoms with E-state index in [1.807, 2.05) is 43.3 Å². The van der Waals surface area contributed by atoms with Gasteiger partial charge in [-0.25, -0.2) is 8.42 Å². The molecule has 6 nitrogen and oxygen atoms in total. The molecular weight excluding hydrogens is 412 g/mol. The molecule has 168 valence electrons. The van der Waals surface area contributed by atoms with Gasteiger partial charge in [-0.3, -0.25) is 4.79 Å². The lowest BCUT2D eigenvalue weighted by molar-refractivity contribution is -0.132. The third kappa shape index (κ3) is 5.28. The molecule has 0 aliphatic carbocycles. The normalized spacial score (nSPS) is 19.9. The van der Waals surface area contributed by atoms with Gasteiger partial charge in [0.2, 0.25) is 15.9 Å². The number of amides is 1. The van der Waals surface area contributed by atoms with Gasteiger partial charge in [0.15, 0.2) is 0 Å². The summed E-state index contributed by atoms with van der Waals surface area (Å²) >= 11 is 0. The number of rotatable bonds is 7. The molecule has 0 bridgehead atoms. The van der Waals surface area contributed by atoms with Crippen LogP contribution in [0.2, 0.25) is 0 Å². The smallest absolute Gasteiger partial charge is 0.243 e. The van der Waals surface area contributed by atoms with Crippen LogP contribution in [0.3, 0.4) is 0 Å². The number of carbonyl (C=O) groups is 1. The molecule has 0 saturated carbocycles. The number of hydrogen-bond acceptors (Lipinski definition) is 4. The van der Waals surface area contributed by atoms with Crippen LogP contribution in [0.4, 0.5) is 0 Å². The molecule has 3 rings (SSSR count). The molecule has 0 radical (unpaired) electrons. The topological polar surface area (TPSA) is 75.7 Å². The SMILES string of the molecule is COc1ccc(CNC(=O)[C@@]2(C)CCCN(S(=O)(=O)c3ccc(C(C)C)cc3)C2)cc1. The minimum absolute atomic E-state index is 0.127. The van der Waals surface area contributed by atoms with Crippen molar-refractivity contribution in [2.24, 2.45) is 5.41 Å². The second kappa shape index (κ2) is 9.40. The zero-order valence-corrected chi connectivity index (χ0v) is 19.5. The molecule has 1 heterocycles. The number of nitrogens with zero attached hydrogens (tertiary/aromatic N) is 1. The molecule has 0 spiro atoms. The highest BCUT2D eigenvalue weighted by atomic mass is 32.2. The maximum absolute atomic E-state index is 13.2. The zero-order valence-electron chi connectivity index (χ0n) is 18.7. The summed E-state index contributed by atoms with van der Waals surface area (Å²) in [7, 11) is -2.03. The fourth-order valence-corrected chi connectivity index (χ4v) is 5.50. The van der Waals surface area contributed by atoms with Gasteiger partial charge in [0.1, 0.15) is 5.75 Å². The van der Waals surface area contributed by atoms with Gasteiger partial charge < -0.3 is 10.1 Å². The fourth-order valence-electron chi connectivity index (χ4n) is 3.90. The predicted molar refractivity (Wildman–Crippen MR) is 121 cm³/mol. The Morgan fingerprint density at radius 1 is 1.13 bits per heavy atom. The summed E-state index contributed by atoms with van der Waals surface area (Å²) in [6.07, 6.45) is 1.30. The maximum atomic E-state index is 13.2. The van der Waals surface area contributed by atoms with Gasteiger partial charge >= 0.3 is 0 Å². The minimum atomic E-state index is -3.64. The summed E-state index contributed by atoms with van der Waals surface area (Å²) in [6.45, 7) is 6.99. The molecule has 2 aromatic carbocycles. The van der Waals surface area contributed by atoms with Crippen LogP contribution >= 0.6 is 0 Å². The molecule has 1 atom stereocenters. The Labute approximate surface area is 185 Å². The standard InChI is InChI=1S/C24H32N2O4S/c1-18(2)20-8-12-22(13-9-20)31(28,29)26-15-5-14-24(3,17-26)23(27)25-16-19-6-10-21(30-4)11-7-19/h6-13,18H,5,14-17H2,1-4H3,(H,25,27)/t24-/m0/s1. The number of nitrogens with one attached hydrogen (secondary N) is 1. The fraction of sp³-hybridized carbons (Fsp3) is 0.458. The van der Waals surface area contributed by atoms with E-state index in [1.165, 1.54) is 4.31 Å². The van der Waals surface area contributed by atoms with Crippen molar-refractivity contribution in [3.8, 4) is 5.75 Å². The Hall–Kier alpha value is -2.38. The van der Waals surface area contributed by atoms with Gasteiger partial charge in [0, 0.05) is 19.6 Å². The van der Waals surface area contributed by atoms with Gasteiger partial charge in [0.25, 0.3) is 0 Å². The minimum Gasteiger partial charge on any atom is -0.497 e. The molecule has 7 heteroatoms. The summed E-state index contributed by atoms with van der Waals surface area (Å²) < 4.78 is 33.0. The molecule has 31 heavy (non-hydrogen) atoms. The van der Waals surface area contributed by atoms with Crippen molar-refractivity contribution in [3.05, 3.63) is 59.7 Å². The van der Waals surface area contributed by atoms with Crippen molar-refractivity contribution in [1.82, 2.24) is 9.62 Å². The largest absolute Gasteiger partial charge is 0.497 e. The van der Waals surface area contributed by atoms with Gasteiger partial charge in [-0.15, -0.1) is 0 Å². The maximum Gasteiger partial charge on any atom is 0.243 e. The van der Waals surface area contributed by atoms with Crippen molar-refractivity contribution >= 4 is 15.9 Å². The van der Waals surface area contributed by atoms with Crippen molar-refractivity contribution in [2.45, 2.75) is 51.0 Å². The Kier molecular flexibility index (Phi) is 7.06. The van der Waals surface area contributed by atoms with E-state index in [0.29, 0.717) is 31.8 Å². The van der Waals surface area contributed by atoms with Crippen LogP contribution < -0.4 is 10.1 Å². The zero-order chi connectivity index (χ0) is 22.6. The molecule has 1 saturated heterocycles. The van der Waals surface area contributed by atoms with Crippen molar-refractivity contribution in [3.63, 3.8) is 0 Å². The van der Waals surface area contributed by atoms with E-state index >= 15 is 0 Å².